The van der Waals surface area contributed by atoms with Crippen LogP contribution in [0, 0.1) is 5.92 Å². The molecule has 0 bridgehead atoms. The van der Waals surface area contributed by atoms with Gasteiger partial charge < -0.3 is 5.32 Å². The molecule has 11 heavy (non-hydrogen) atoms. The van der Waals surface area contributed by atoms with Crippen molar-refractivity contribution in [1.82, 2.24) is 5.32 Å². The third-order valence-corrected chi connectivity index (χ3v) is 2.66. The van der Waals surface area contributed by atoms with Crippen molar-refractivity contribution in [2.24, 2.45) is 5.92 Å². The molecule has 0 heterocycles. The van der Waals surface area contributed by atoms with Crippen LogP contribution in [0.25, 0.3) is 0 Å². The Morgan fingerprint density at radius 3 is 2.64 bits per heavy atom. The summed E-state index contributed by atoms with van der Waals surface area (Å²) in [5.74, 6) is 0.608. The van der Waals surface area contributed by atoms with Crippen LogP contribution in [0.4, 0.5) is 0 Å². The summed E-state index contributed by atoms with van der Waals surface area (Å²) in [6.07, 6.45) is 4.69. The maximum absolute atomic E-state index is 11.3. The summed E-state index contributed by atoms with van der Waals surface area (Å²) in [4.78, 5) is 11.3. The van der Waals surface area contributed by atoms with E-state index in [1.165, 1.54) is 12.8 Å². The predicted octanol–water partition coefficient (Wildman–Crippen LogP) is 1.73. The number of halogens is 1. The van der Waals surface area contributed by atoms with E-state index in [1.54, 1.807) is 0 Å². The molecule has 0 aliphatic heterocycles. The molecule has 0 aromatic carbocycles. The molecule has 0 aromatic rings. The molecule has 0 spiro atoms. The standard InChI is InChI=1S/C8H14INO/c9-5-6-10-8(11)7-3-1-2-4-7/h7H,1-6H2,(H,10,11). The van der Waals surface area contributed by atoms with Gasteiger partial charge in [-0.1, -0.05) is 35.4 Å². The van der Waals surface area contributed by atoms with Gasteiger partial charge in [-0.3, -0.25) is 4.79 Å². The van der Waals surface area contributed by atoms with Gasteiger partial charge in [-0.2, -0.15) is 0 Å². The van der Waals surface area contributed by atoms with E-state index in [-0.39, 0.29) is 5.91 Å². The summed E-state index contributed by atoms with van der Waals surface area (Å²) in [6.45, 7) is 0.829. The highest BCUT2D eigenvalue weighted by molar-refractivity contribution is 14.1. The Morgan fingerprint density at radius 2 is 2.09 bits per heavy atom. The maximum Gasteiger partial charge on any atom is 0.223 e. The number of amides is 1. The van der Waals surface area contributed by atoms with Crippen LogP contribution in [0.5, 0.6) is 0 Å². The van der Waals surface area contributed by atoms with Gasteiger partial charge in [-0.05, 0) is 12.8 Å². The van der Waals surface area contributed by atoms with Crippen LogP contribution in [0.2, 0.25) is 0 Å². The zero-order valence-electron chi connectivity index (χ0n) is 6.61. The molecule has 0 aromatic heterocycles. The van der Waals surface area contributed by atoms with Crippen molar-refractivity contribution in [3.8, 4) is 0 Å². The first-order valence-electron chi connectivity index (χ1n) is 4.18. The summed E-state index contributed by atoms with van der Waals surface area (Å²) in [5, 5.41) is 2.93. The number of hydrogen-bond acceptors (Lipinski definition) is 1. The molecule has 1 amide bonds. The van der Waals surface area contributed by atoms with E-state index in [0.29, 0.717) is 5.92 Å². The first-order chi connectivity index (χ1) is 5.34. The van der Waals surface area contributed by atoms with Gasteiger partial charge in [0.05, 0.1) is 0 Å². The molecule has 1 saturated carbocycles. The Morgan fingerprint density at radius 1 is 1.45 bits per heavy atom. The fourth-order valence-electron chi connectivity index (χ4n) is 1.50. The van der Waals surface area contributed by atoms with E-state index in [0.717, 1.165) is 23.8 Å². The van der Waals surface area contributed by atoms with E-state index < -0.39 is 0 Å². The van der Waals surface area contributed by atoms with Crippen LogP contribution < -0.4 is 5.32 Å². The monoisotopic (exact) mass is 267 g/mol. The molecule has 64 valence electrons. The highest BCUT2D eigenvalue weighted by Gasteiger charge is 2.21. The van der Waals surface area contributed by atoms with Crippen molar-refractivity contribution >= 4 is 28.5 Å². The molecular formula is C8H14INO. The lowest BCUT2D eigenvalue weighted by Gasteiger charge is -2.08. The van der Waals surface area contributed by atoms with Gasteiger partial charge in [-0.15, -0.1) is 0 Å². The van der Waals surface area contributed by atoms with Crippen molar-refractivity contribution < 1.29 is 4.79 Å². The smallest absolute Gasteiger partial charge is 0.223 e. The quantitative estimate of drug-likeness (QED) is 0.612. The van der Waals surface area contributed by atoms with Gasteiger partial charge in [0.1, 0.15) is 0 Å². The summed E-state index contributed by atoms with van der Waals surface area (Å²) in [5.41, 5.74) is 0. The molecule has 0 atom stereocenters. The summed E-state index contributed by atoms with van der Waals surface area (Å²) < 4.78 is 1.01. The fourth-order valence-corrected chi connectivity index (χ4v) is 1.77. The lowest BCUT2D eigenvalue weighted by Crippen LogP contribution is -2.30. The summed E-state index contributed by atoms with van der Waals surface area (Å²) >= 11 is 2.27. The lowest BCUT2D eigenvalue weighted by molar-refractivity contribution is -0.124. The van der Waals surface area contributed by atoms with Crippen LogP contribution in [0.15, 0.2) is 0 Å². The molecule has 0 unspecified atom stereocenters. The minimum Gasteiger partial charge on any atom is -0.355 e. The third-order valence-electron chi connectivity index (χ3n) is 2.12. The van der Waals surface area contributed by atoms with Crippen molar-refractivity contribution in [1.29, 1.82) is 0 Å². The fraction of sp³-hybridized carbons (Fsp3) is 0.875. The zero-order valence-corrected chi connectivity index (χ0v) is 8.76. The van der Waals surface area contributed by atoms with Crippen molar-refractivity contribution in [3.63, 3.8) is 0 Å². The van der Waals surface area contributed by atoms with Crippen LogP contribution in [-0.4, -0.2) is 16.9 Å². The Bertz CT molecular complexity index is 132. The average Bonchev–Trinajstić information content (AvgIpc) is 2.52. The molecule has 2 nitrogen and oxygen atoms in total. The second-order valence-corrected chi connectivity index (χ2v) is 4.04. The summed E-state index contributed by atoms with van der Waals surface area (Å²) in [6, 6.07) is 0. The normalized spacial score (nSPS) is 18.6. The van der Waals surface area contributed by atoms with E-state index >= 15 is 0 Å². The van der Waals surface area contributed by atoms with Gasteiger partial charge >= 0.3 is 0 Å². The highest BCUT2D eigenvalue weighted by atomic mass is 127. The average molecular weight is 267 g/mol. The largest absolute Gasteiger partial charge is 0.355 e. The van der Waals surface area contributed by atoms with E-state index in [2.05, 4.69) is 27.9 Å². The van der Waals surface area contributed by atoms with Crippen LogP contribution in [-0.2, 0) is 4.79 Å². The highest BCUT2D eigenvalue weighted by Crippen LogP contribution is 2.24. The molecule has 1 fully saturated rings. The van der Waals surface area contributed by atoms with Gasteiger partial charge in [0.15, 0.2) is 0 Å². The minimum absolute atomic E-state index is 0.277. The Hall–Kier alpha value is 0.200. The van der Waals surface area contributed by atoms with Crippen LogP contribution >= 0.6 is 22.6 Å². The van der Waals surface area contributed by atoms with Gasteiger partial charge in [-0.25, -0.2) is 0 Å². The number of carbonyl (C=O) groups is 1. The Labute approximate surface area is 81.3 Å². The first kappa shape index (κ1) is 9.29. The minimum atomic E-state index is 0.277. The Balaban J connectivity index is 2.17. The third kappa shape index (κ3) is 2.97. The summed E-state index contributed by atoms with van der Waals surface area (Å²) in [7, 11) is 0. The lowest BCUT2D eigenvalue weighted by atomic mass is 10.1. The van der Waals surface area contributed by atoms with Gasteiger partial charge in [0.2, 0.25) is 5.91 Å². The van der Waals surface area contributed by atoms with E-state index in [1.807, 2.05) is 0 Å². The van der Waals surface area contributed by atoms with Crippen molar-refractivity contribution in [2.75, 3.05) is 11.0 Å². The topological polar surface area (TPSA) is 29.1 Å². The molecule has 1 aliphatic carbocycles. The van der Waals surface area contributed by atoms with Crippen molar-refractivity contribution in [3.05, 3.63) is 0 Å². The molecular weight excluding hydrogens is 253 g/mol. The molecule has 1 aliphatic rings. The molecule has 1 rings (SSSR count). The molecule has 3 heteroatoms. The SMILES string of the molecule is O=C(NCCI)C1CCCC1. The first-order valence-corrected chi connectivity index (χ1v) is 5.71. The second-order valence-electron chi connectivity index (χ2n) is 2.96. The maximum atomic E-state index is 11.3. The second kappa shape index (κ2) is 4.95. The number of carbonyl (C=O) groups excluding carboxylic acids is 1. The number of hydrogen-bond donors (Lipinski definition) is 1. The predicted molar refractivity (Wildman–Crippen MR) is 53.9 cm³/mol. The van der Waals surface area contributed by atoms with Crippen LogP contribution in [0.3, 0.4) is 0 Å². The van der Waals surface area contributed by atoms with E-state index in [9.17, 15) is 4.79 Å². The number of nitrogens with one attached hydrogen (secondary N) is 1. The molecule has 1 N–H and O–H groups in total. The van der Waals surface area contributed by atoms with Crippen molar-refractivity contribution in [2.45, 2.75) is 25.7 Å². The van der Waals surface area contributed by atoms with Crippen LogP contribution in [0.1, 0.15) is 25.7 Å². The Kier molecular flexibility index (Phi) is 4.18. The molecule has 0 radical (unpaired) electrons. The van der Waals surface area contributed by atoms with Gasteiger partial charge in [0.25, 0.3) is 0 Å². The molecule has 0 saturated heterocycles. The number of rotatable bonds is 3. The van der Waals surface area contributed by atoms with E-state index in [4.69, 9.17) is 0 Å². The van der Waals surface area contributed by atoms with Gasteiger partial charge in [0, 0.05) is 16.9 Å². The zero-order chi connectivity index (χ0) is 8.10. The number of alkyl halides is 1.